The number of hydrogen-bond donors (Lipinski definition) is 1. The van der Waals surface area contributed by atoms with E-state index in [0.717, 1.165) is 6.54 Å². The number of rotatable bonds is 1. The van der Waals surface area contributed by atoms with Crippen molar-refractivity contribution in [3.05, 3.63) is 0 Å². The molecule has 0 amide bonds. The molecule has 0 spiro atoms. The zero-order chi connectivity index (χ0) is 4.28. The second-order valence-electron chi connectivity index (χ2n) is 1.40. The van der Waals surface area contributed by atoms with E-state index in [1.54, 1.807) is 0 Å². The number of nitrogens with zero attached hydrogens (tertiary/aromatic N) is 1. The number of hydrogen-bond acceptors (Lipinski definition) is 2. The average Bonchev–Trinajstić information content (AvgIpc) is 1.38. The van der Waals surface area contributed by atoms with Gasteiger partial charge in [-0.2, -0.15) is 0 Å². The minimum absolute atomic E-state index is 0. The van der Waals surface area contributed by atoms with Crippen LogP contribution in [0.5, 0.6) is 0 Å². The van der Waals surface area contributed by atoms with E-state index in [1.165, 1.54) is 0 Å². The molecule has 0 aliphatic carbocycles. The molecule has 0 aromatic rings. The van der Waals surface area contributed by atoms with Gasteiger partial charge >= 0.3 is 0 Å². The van der Waals surface area contributed by atoms with Crippen LogP contribution in [-0.4, -0.2) is 25.5 Å². The van der Waals surface area contributed by atoms with Gasteiger partial charge in [-0.3, -0.25) is 0 Å². The molecular weight excluding hydrogens is 76.1 g/mol. The maximum Gasteiger partial charge on any atom is -0.00533 e. The van der Waals surface area contributed by atoms with Crippen LogP contribution in [-0.2, 0) is 0 Å². The van der Waals surface area contributed by atoms with E-state index in [2.05, 4.69) is 25.9 Å². The van der Waals surface area contributed by atoms with E-state index >= 15 is 0 Å². The summed E-state index contributed by atoms with van der Waals surface area (Å²) in [6.45, 7) is 3.26. The molecule has 0 fully saturated rings. The predicted molar refractivity (Wildman–Crippen MR) is 29.3 cm³/mol. The van der Waals surface area contributed by atoms with E-state index < -0.39 is 0 Å². The Kier molecular flexibility index (Phi) is 7.65. The second-order valence-corrected chi connectivity index (χ2v) is 1.40. The topological polar surface area (TPSA) is 38.2 Å². The maximum atomic E-state index is 2.12. The van der Waals surface area contributed by atoms with Crippen LogP contribution in [0.2, 0.25) is 0 Å². The molecule has 40 valence electrons. The van der Waals surface area contributed by atoms with Gasteiger partial charge in [-0.05, 0) is 20.6 Å². The van der Waals surface area contributed by atoms with Crippen molar-refractivity contribution in [2.45, 2.75) is 6.92 Å². The van der Waals surface area contributed by atoms with Crippen LogP contribution in [0.15, 0.2) is 0 Å². The maximum absolute atomic E-state index is 2.12. The Bertz CT molecular complexity index is 19.5. The van der Waals surface area contributed by atoms with Crippen LogP contribution in [0.3, 0.4) is 0 Å². The van der Waals surface area contributed by atoms with Crippen molar-refractivity contribution in [1.29, 1.82) is 0 Å². The first-order valence-corrected chi connectivity index (χ1v) is 1.92. The highest BCUT2D eigenvalue weighted by Crippen LogP contribution is 1.63. The summed E-state index contributed by atoms with van der Waals surface area (Å²) < 4.78 is 0. The normalized spacial score (nSPS) is 8.00. The largest absolute Gasteiger partial charge is 0.344 e. The fourth-order valence-corrected chi connectivity index (χ4v) is 0. The lowest BCUT2D eigenvalue weighted by atomic mass is 10.7. The summed E-state index contributed by atoms with van der Waals surface area (Å²) >= 11 is 0. The highest BCUT2D eigenvalue weighted by atomic mass is 15.0. The highest BCUT2D eigenvalue weighted by molar-refractivity contribution is 4.25. The monoisotopic (exact) mass is 90.1 g/mol. The molecule has 0 aliphatic heterocycles. The van der Waals surface area contributed by atoms with Crippen molar-refractivity contribution >= 4 is 0 Å². The van der Waals surface area contributed by atoms with E-state index in [4.69, 9.17) is 0 Å². The Balaban J connectivity index is 0. The summed E-state index contributed by atoms with van der Waals surface area (Å²) in [5, 5.41) is 0. The molecule has 6 heavy (non-hydrogen) atoms. The summed E-state index contributed by atoms with van der Waals surface area (Å²) in [6, 6.07) is 0. The van der Waals surface area contributed by atoms with E-state index in [0.29, 0.717) is 0 Å². The van der Waals surface area contributed by atoms with Gasteiger partial charge in [0, 0.05) is 0 Å². The van der Waals surface area contributed by atoms with Crippen LogP contribution in [0, 0.1) is 0 Å². The van der Waals surface area contributed by atoms with Crippen molar-refractivity contribution in [2.24, 2.45) is 0 Å². The molecule has 2 heteroatoms. The molecular formula is C4H14N2. The SMILES string of the molecule is CCN(C)C.N. The Hall–Kier alpha value is -0.0800. The second kappa shape index (κ2) is 4.92. The van der Waals surface area contributed by atoms with Crippen molar-refractivity contribution in [3.8, 4) is 0 Å². The lowest BCUT2D eigenvalue weighted by Crippen LogP contribution is -2.08. The third kappa shape index (κ3) is 9.07. The molecule has 2 nitrogen and oxygen atoms in total. The van der Waals surface area contributed by atoms with E-state index in [9.17, 15) is 0 Å². The summed E-state index contributed by atoms with van der Waals surface area (Å²) in [6.07, 6.45) is 0. The van der Waals surface area contributed by atoms with Crippen molar-refractivity contribution < 1.29 is 0 Å². The molecule has 0 aliphatic rings. The predicted octanol–water partition coefficient (Wildman–Crippen LogP) is 0.730. The first kappa shape index (κ1) is 9.33. The lowest BCUT2D eigenvalue weighted by Gasteiger charge is -2.00. The van der Waals surface area contributed by atoms with Gasteiger partial charge in [0.05, 0.1) is 0 Å². The van der Waals surface area contributed by atoms with Gasteiger partial charge in [0.1, 0.15) is 0 Å². The highest BCUT2D eigenvalue weighted by Gasteiger charge is 1.72. The molecule has 0 saturated heterocycles. The van der Waals surface area contributed by atoms with Crippen molar-refractivity contribution in [1.82, 2.24) is 11.1 Å². The fraction of sp³-hybridized carbons (Fsp3) is 1.00. The van der Waals surface area contributed by atoms with Crippen LogP contribution in [0.1, 0.15) is 6.92 Å². The Labute approximate surface area is 39.7 Å². The Morgan fingerprint density at radius 2 is 1.50 bits per heavy atom. The van der Waals surface area contributed by atoms with Gasteiger partial charge in [-0.1, -0.05) is 6.92 Å². The van der Waals surface area contributed by atoms with Gasteiger partial charge in [0.2, 0.25) is 0 Å². The Morgan fingerprint density at radius 1 is 1.33 bits per heavy atom. The zero-order valence-corrected chi connectivity index (χ0v) is 4.86. The molecule has 0 unspecified atom stereocenters. The van der Waals surface area contributed by atoms with Crippen LogP contribution in [0.4, 0.5) is 0 Å². The van der Waals surface area contributed by atoms with Gasteiger partial charge in [-0.25, -0.2) is 0 Å². The average molecular weight is 90.2 g/mol. The van der Waals surface area contributed by atoms with Gasteiger partial charge in [0.15, 0.2) is 0 Å². The lowest BCUT2D eigenvalue weighted by molar-refractivity contribution is 0.434. The summed E-state index contributed by atoms with van der Waals surface area (Å²) in [5.41, 5.74) is 0. The molecule has 0 radical (unpaired) electrons. The van der Waals surface area contributed by atoms with Gasteiger partial charge < -0.3 is 11.1 Å². The smallest absolute Gasteiger partial charge is 0.00533 e. The minimum atomic E-state index is 0. The standard InChI is InChI=1S/C4H11N.H3N/c1-4-5(2)3;/h4H2,1-3H3;1H3. The van der Waals surface area contributed by atoms with Crippen molar-refractivity contribution in [2.75, 3.05) is 20.6 Å². The van der Waals surface area contributed by atoms with Gasteiger partial charge in [0.25, 0.3) is 0 Å². The molecule has 0 aromatic carbocycles. The van der Waals surface area contributed by atoms with Crippen molar-refractivity contribution in [3.63, 3.8) is 0 Å². The molecule has 0 heterocycles. The third-order valence-corrected chi connectivity index (χ3v) is 0.632. The zero-order valence-electron chi connectivity index (χ0n) is 4.86. The Morgan fingerprint density at radius 3 is 1.50 bits per heavy atom. The third-order valence-electron chi connectivity index (χ3n) is 0.632. The molecule has 0 bridgehead atoms. The quantitative estimate of drug-likeness (QED) is 0.515. The molecule has 0 saturated carbocycles. The summed E-state index contributed by atoms with van der Waals surface area (Å²) in [4.78, 5) is 2.12. The van der Waals surface area contributed by atoms with Crippen LogP contribution in [0.25, 0.3) is 0 Å². The first-order chi connectivity index (χ1) is 2.27. The fourth-order valence-electron chi connectivity index (χ4n) is 0. The van der Waals surface area contributed by atoms with E-state index in [1.807, 2.05) is 0 Å². The molecule has 0 aromatic heterocycles. The molecule has 0 rings (SSSR count). The first-order valence-electron chi connectivity index (χ1n) is 1.92. The van der Waals surface area contributed by atoms with Gasteiger partial charge in [-0.15, -0.1) is 0 Å². The molecule has 0 atom stereocenters. The summed E-state index contributed by atoms with van der Waals surface area (Å²) in [7, 11) is 4.11. The van der Waals surface area contributed by atoms with Crippen LogP contribution < -0.4 is 6.15 Å². The van der Waals surface area contributed by atoms with E-state index in [-0.39, 0.29) is 6.15 Å². The molecule has 3 N–H and O–H groups in total. The van der Waals surface area contributed by atoms with Crippen LogP contribution >= 0.6 is 0 Å². The minimum Gasteiger partial charge on any atom is -0.344 e. The summed E-state index contributed by atoms with van der Waals surface area (Å²) in [5.74, 6) is 0.